The molecule has 1 aromatic rings. The van der Waals surface area contributed by atoms with Crippen molar-refractivity contribution >= 4 is 11.6 Å². The molecular formula is C25H37Cl. The Morgan fingerprint density at radius 1 is 0.731 bits per heavy atom. The summed E-state index contributed by atoms with van der Waals surface area (Å²) in [4.78, 5) is 0. The third-order valence-electron chi connectivity index (χ3n) is 8.25. The lowest BCUT2D eigenvalue weighted by atomic mass is 9.60. The molecule has 4 unspecified atom stereocenters. The molecule has 1 aromatic carbocycles. The Balaban J connectivity index is 1.29. The van der Waals surface area contributed by atoms with Crippen LogP contribution in [0, 0.1) is 29.6 Å². The Morgan fingerprint density at radius 2 is 1.31 bits per heavy atom. The van der Waals surface area contributed by atoms with Crippen LogP contribution in [0.2, 0.25) is 5.02 Å². The lowest BCUT2D eigenvalue weighted by molar-refractivity contribution is 0.0712. The largest absolute Gasteiger partial charge is 0.0843 e. The summed E-state index contributed by atoms with van der Waals surface area (Å²) in [5.41, 5.74) is 1.53. The van der Waals surface area contributed by atoms with Crippen molar-refractivity contribution in [2.45, 2.75) is 89.9 Å². The van der Waals surface area contributed by atoms with Crippen molar-refractivity contribution < 1.29 is 0 Å². The molecule has 3 aliphatic rings. The molecule has 0 aromatic heterocycles. The van der Waals surface area contributed by atoms with E-state index in [1.807, 2.05) is 0 Å². The summed E-state index contributed by atoms with van der Waals surface area (Å²) in [6, 6.07) is 8.70. The van der Waals surface area contributed by atoms with Crippen LogP contribution in [0.3, 0.4) is 0 Å². The Labute approximate surface area is 166 Å². The molecule has 1 heteroatoms. The number of halogens is 1. The van der Waals surface area contributed by atoms with Crippen LogP contribution in [-0.2, 0) is 0 Å². The minimum atomic E-state index is 0.787. The van der Waals surface area contributed by atoms with E-state index in [4.69, 9.17) is 11.6 Å². The van der Waals surface area contributed by atoms with Gasteiger partial charge in [0.05, 0.1) is 0 Å². The van der Waals surface area contributed by atoms with Gasteiger partial charge in [-0.3, -0.25) is 0 Å². The third-order valence-corrected chi connectivity index (χ3v) is 8.50. The normalized spacial score (nSPS) is 37.9. The Hall–Kier alpha value is -0.490. The SMILES string of the molecule is CCCC1CCC(C2CCC3CC(c4ccc(Cl)cc4)CCC3C2)CC1. The molecule has 0 heterocycles. The molecule has 4 atom stereocenters. The minimum absolute atomic E-state index is 0.787. The van der Waals surface area contributed by atoms with E-state index < -0.39 is 0 Å². The standard InChI is InChI=1S/C25H37Cl/c1-2-3-18-4-6-19(7-5-18)21-8-10-24-17-22(9-11-23(24)16-21)20-12-14-25(26)15-13-20/h12-15,18-19,21-24H,2-11,16-17H2,1H3. The minimum Gasteiger partial charge on any atom is -0.0843 e. The zero-order valence-electron chi connectivity index (χ0n) is 16.6. The predicted octanol–water partition coefficient (Wildman–Crippen LogP) is 8.25. The van der Waals surface area contributed by atoms with Crippen molar-refractivity contribution in [1.82, 2.24) is 0 Å². The molecule has 0 nitrogen and oxygen atoms in total. The van der Waals surface area contributed by atoms with Crippen molar-refractivity contribution in [3.63, 3.8) is 0 Å². The highest BCUT2D eigenvalue weighted by Gasteiger charge is 2.38. The quantitative estimate of drug-likeness (QED) is 0.499. The van der Waals surface area contributed by atoms with Gasteiger partial charge in [0, 0.05) is 5.02 Å². The maximum Gasteiger partial charge on any atom is 0.0406 e. The summed E-state index contributed by atoms with van der Waals surface area (Å²) >= 11 is 6.08. The molecule has 3 fully saturated rings. The molecule has 4 rings (SSSR count). The summed E-state index contributed by atoms with van der Waals surface area (Å²) in [6.45, 7) is 2.35. The van der Waals surface area contributed by atoms with Gasteiger partial charge in [-0.05, 0) is 105 Å². The molecule has 26 heavy (non-hydrogen) atoms. The maximum atomic E-state index is 6.08. The fourth-order valence-electron chi connectivity index (χ4n) is 6.75. The molecular weight excluding hydrogens is 336 g/mol. The van der Waals surface area contributed by atoms with Gasteiger partial charge in [0.15, 0.2) is 0 Å². The zero-order valence-corrected chi connectivity index (χ0v) is 17.4. The summed E-state index contributed by atoms with van der Waals surface area (Å²) < 4.78 is 0. The topological polar surface area (TPSA) is 0 Å². The second kappa shape index (κ2) is 8.68. The van der Waals surface area contributed by atoms with E-state index in [1.54, 1.807) is 19.3 Å². The van der Waals surface area contributed by atoms with Crippen LogP contribution in [0.1, 0.15) is 95.5 Å². The first-order valence-electron chi connectivity index (χ1n) is 11.5. The van der Waals surface area contributed by atoms with Gasteiger partial charge in [0.1, 0.15) is 0 Å². The van der Waals surface area contributed by atoms with Crippen molar-refractivity contribution in [3.8, 4) is 0 Å². The predicted molar refractivity (Wildman–Crippen MR) is 113 cm³/mol. The highest BCUT2D eigenvalue weighted by atomic mass is 35.5. The monoisotopic (exact) mass is 372 g/mol. The molecule has 0 aliphatic heterocycles. The van der Waals surface area contributed by atoms with E-state index >= 15 is 0 Å². The van der Waals surface area contributed by atoms with Crippen molar-refractivity contribution in [2.75, 3.05) is 0 Å². The van der Waals surface area contributed by atoms with Crippen LogP contribution in [0.25, 0.3) is 0 Å². The van der Waals surface area contributed by atoms with Crippen LogP contribution in [-0.4, -0.2) is 0 Å². The van der Waals surface area contributed by atoms with E-state index in [2.05, 4.69) is 31.2 Å². The van der Waals surface area contributed by atoms with Crippen LogP contribution >= 0.6 is 11.6 Å². The van der Waals surface area contributed by atoms with E-state index in [1.165, 1.54) is 63.4 Å². The highest BCUT2D eigenvalue weighted by Crippen LogP contribution is 2.51. The first kappa shape index (κ1) is 18.9. The smallest absolute Gasteiger partial charge is 0.0406 e. The lowest BCUT2D eigenvalue weighted by Gasteiger charge is -2.45. The number of fused-ring (bicyclic) bond motifs is 1. The van der Waals surface area contributed by atoms with Gasteiger partial charge in [-0.25, -0.2) is 0 Å². The summed E-state index contributed by atoms with van der Waals surface area (Å²) in [5, 5.41) is 0.872. The van der Waals surface area contributed by atoms with E-state index in [9.17, 15) is 0 Å². The Kier molecular flexibility index (Phi) is 6.29. The van der Waals surface area contributed by atoms with Gasteiger partial charge in [-0.15, -0.1) is 0 Å². The second-order valence-electron chi connectivity index (χ2n) is 9.72. The summed E-state index contributed by atoms with van der Waals surface area (Å²) in [5.74, 6) is 6.00. The van der Waals surface area contributed by atoms with E-state index in [-0.39, 0.29) is 0 Å². The highest BCUT2D eigenvalue weighted by molar-refractivity contribution is 6.30. The van der Waals surface area contributed by atoms with Gasteiger partial charge >= 0.3 is 0 Å². The fourth-order valence-corrected chi connectivity index (χ4v) is 6.87. The summed E-state index contributed by atoms with van der Waals surface area (Å²) in [6.07, 6.45) is 17.9. The molecule has 3 saturated carbocycles. The molecule has 144 valence electrons. The van der Waals surface area contributed by atoms with Crippen LogP contribution < -0.4 is 0 Å². The molecule has 0 amide bonds. The van der Waals surface area contributed by atoms with E-state index in [0.29, 0.717) is 0 Å². The van der Waals surface area contributed by atoms with Gasteiger partial charge < -0.3 is 0 Å². The van der Waals surface area contributed by atoms with E-state index in [0.717, 1.165) is 40.5 Å². The first-order valence-corrected chi connectivity index (χ1v) is 11.9. The maximum absolute atomic E-state index is 6.08. The molecule has 0 saturated heterocycles. The second-order valence-corrected chi connectivity index (χ2v) is 10.2. The van der Waals surface area contributed by atoms with Crippen molar-refractivity contribution in [1.29, 1.82) is 0 Å². The molecule has 0 N–H and O–H groups in total. The average molecular weight is 373 g/mol. The van der Waals surface area contributed by atoms with Crippen LogP contribution in [0.4, 0.5) is 0 Å². The average Bonchev–Trinajstić information content (AvgIpc) is 2.69. The molecule has 0 radical (unpaired) electrons. The van der Waals surface area contributed by atoms with Crippen LogP contribution in [0.15, 0.2) is 24.3 Å². The first-order chi connectivity index (χ1) is 12.7. The van der Waals surface area contributed by atoms with Gasteiger partial charge in [0.25, 0.3) is 0 Å². The number of hydrogen-bond acceptors (Lipinski definition) is 0. The van der Waals surface area contributed by atoms with Gasteiger partial charge in [-0.2, -0.15) is 0 Å². The molecule has 0 spiro atoms. The van der Waals surface area contributed by atoms with Gasteiger partial charge in [-0.1, -0.05) is 56.3 Å². The van der Waals surface area contributed by atoms with Crippen molar-refractivity contribution in [2.24, 2.45) is 29.6 Å². The molecule has 0 bridgehead atoms. The van der Waals surface area contributed by atoms with Crippen LogP contribution in [0.5, 0.6) is 0 Å². The van der Waals surface area contributed by atoms with Gasteiger partial charge in [0.2, 0.25) is 0 Å². The number of benzene rings is 1. The Bertz CT molecular complexity index is 554. The third kappa shape index (κ3) is 4.32. The molecule has 3 aliphatic carbocycles. The Morgan fingerprint density at radius 3 is 2.00 bits per heavy atom. The zero-order chi connectivity index (χ0) is 17.9. The number of rotatable bonds is 4. The number of hydrogen-bond donors (Lipinski definition) is 0. The van der Waals surface area contributed by atoms with Crippen molar-refractivity contribution in [3.05, 3.63) is 34.9 Å². The lowest BCUT2D eigenvalue weighted by Crippen LogP contribution is -2.34. The fraction of sp³-hybridized carbons (Fsp3) is 0.760. The summed E-state index contributed by atoms with van der Waals surface area (Å²) in [7, 11) is 0.